The maximum absolute atomic E-state index is 12.4. The summed E-state index contributed by atoms with van der Waals surface area (Å²) in [5.74, 6) is -0.573. The third kappa shape index (κ3) is 5.17. The van der Waals surface area contributed by atoms with Crippen LogP contribution in [0.4, 0.5) is 5.69 Å². The van der Waals surface area contributed by atoms with Crippen molar-refractivity contribution in [2.24, 2.45) is 5.92 Å². The second-order valence-electron chi connectivity index (χ2n) is 6.80. The lowest BCUT2D eigenvalue weighted by Crippen LogP contribution is -2.27. The van der Waals surface area contributed by atoms with E-state index in [0.29, 0.717) is 16.8 Å². The van der Waals surface area contributed by atoms with Gasteiger partial charge in [0.2, 0.25) is 15.9 Å². The van der Waals surface area contributed by atoms with Gasteiger partial charge in [-0.3, -0.25) is 9.59 Å². The first-order valence-corrected chi connectivity index (χ1v) is 10.3. The first kappa shape index (κ1) is 21.6. The summed E-state index contributed by atoms with van der Waals surface area (Å²) in [4.78, 5) is 24.3. The van der Waals surface area contributed by atoms with Gasteiger partial charge in [0.15, 0.2) is 0 Å². The van der Waals surface area contributed by atoms with Gasteiger partial charge in [0, 0.05) is 37.8 Å². The second-order valence-corrected chi connectivity index (χ2v) is 8.92. The van der Waals surface area contributed by atoms with Gasteiger partial charge in [-0.25, -0.2) is 12.7 Å². The van der Waals surface area contributed by atoms with Crippen LogP contribution in [0.1, 0.15) is 29.8 Å². The van der Waals surface area contributed by atoms with Crippen LogP contribution in [0, 0.1) is 5.92 Å². The minimum Gasteiger partial charge on any atom is -0.348 e. The molecule has 2 N–H and O–H groups in total. The number of benzene rings is 2. The monoisotopic (exact) mass is 403 g/mol. The molecule has 0 aliphatic heterocycles. The Kier molecular flexibility index (Phi) is 6.93. The molecular formula is C20H25N3O4S. The number of carbonyl (C=O) groups is 2. The highest BCUT2D eigenvalue weighted by Gasteiger charge is 2.21. The van der Waals surface area contributed by atoms with Gasteiger partial charge in [0.25, 0.3) is 5.91 Å². The van der Waals surface area contributed by atoms with Crippen molar-refractivity contribution in [1.29, 1.82) is 0 Å². The smallest absolute Gasteiger partial charge is 0.251 e. The molecule has 2 amide bonds. The van der Waals surface area contributed by atoms with Crippen molar-refractivity contribution >= 4 is 27.5 Å². The Bertz CT molecular complexity index is 952. The number of amides is 2. The molecule has 150 valence electrons. The van der Waals surface area contributed by atoms with Crippen molar-refractivity contribution in [1.82, 2.24) is 9.62 Å². The molecule has 0 radical (unpaired) electrons. The predicted molar refractivity (Wildman–Crippen MR) is 108 cm³/mol. The molecule has 0 bridgehead atoms. The van der Waals surface area contributed by atoms with Crippen molar-refractivity contribution in [3.63, 3.8) is 0 Å². The number of sulfonamides is 1. The van der Waals surface area contributed by atoms with E-state index in [1.54, 1.807) is 56.3 Å². The number of rotatable bonds is 7. The van der Waals surface area contributed by atoms with Crippen molar-refractivity contribution < 1.29 is 18.0 Å². The molecule has 2 aromatic rings. The molecule has 0 unspecified atom stereocenters. The minimum atomic E-state index is -3.60. The summed E-state index contributed by atoms with van der Waals surface area (Å²) >= 11 is 0. The second kappa shape index (κ2) is 8.99. The van der Waals surface area contributed by atoms with Crippen LogP contribution in [0.15, 0.2) is 53.4 Å². The zero-order valence-electron chi connectivity index (χ0n) is 16.4. The van der Waals surface area contributed by atoms with E-state index < -0.39 is 10.0 Å². The maximum Gasteiger partial charge on any atom is 0.251 e. The first-order chi connectivity index (χ1) is 13.1. The normalized spacial score (nSPS) is 11.5. The summed E-state index contributed by atoms with van der Waals surface area (Å²) in [6.45, 7) is 3.67. The Morgan fingerprint density at radius 2 is 1.61 bits per heavy atom. The molecule has 2 rings (SSSR count). The van der Waals surface area contributed by atoms with Gasteiger partial charge in [-0.1, -0.05) is 32.0 Å². The third-order valence-electron chi connectivity index (χ3n) is 4.11. The largest absolute Gasteiger partial charge is 0.348 e. The van der Waals surface area contributed by atoms with E-state index in [-0.39, 0.29) is 29.2 Å². The van der Waals surface area contributed by atoms with Crippen molar-refractivity contribution in [2.75, 3.05) is 19.4 Å². The lowest BCUT2D eigenvalue weighted by molar-refractivity contribution is -0.118. The van der Waals surface area contributed by atoms with Gasteiger partial charge in [-0.15, -0.1) is 0 Å². The Morgan fingerprint density at radius 3 is 2.18 bits per heavy atom. The van der Waals surface area contributed by atoms with E-state index in [1.165, 1.54) is 20.2 Å². The van der Waals surface area contributed by atoms with Crippen molar-refractivity contribution in [3.05, 3.63) is 59.7 Å². The fourth-order valence-electron chi connectivity index (χ4n) is 2.37. The van der Waals surface area contributed by atoms with Crippen LogP contribution >= 0.6 is 0 Å². The maximum atomic E-state index is 12.4. The molecule has 0 aromatic heterocycles. The summed E-state index contributed by atoms with van der Waals surface area (Å²) in [6.07, 6.45) is 0. The topological polar surface area (TPSA) is 95.6 Å². The summed E-state index contributed by atoms with van der Waals surface area (Å²) < 4.78 is 26.0. The van der Waals surface area contributed by atoms with Crippen LogP contribution in [-0.4, -0.2) is 38.6 Å². The van der Waals surface area contributed by atoms with E-state index in [0.717, 1.165) is 4.31 Å². The Balaban J connectivity index is 2.08. The molecule has 8 heteroatoms. The highest BCUT2D eigenvalue weighted by molar-refractivity contribution is 7.89. The SMILES string of the molecule is CC(C)C(=O)Nc1ccc(C(=O)NCc2ccccc2S(=O)(=O)N(C)C)cc1. The number of nitrogens with one attached hydrogen (secondary N) is 2. The van der Waals surface area contributed by atoms with Gasteiger partial charge in [0.05, 0.1) is 4.90 Å². The van der Waals surface area contributed by atoms with E-state index in [1.807, 2.05) is 0 Å². The highest BCUT2D eigenvalue weighted by atomic mass is 32.2. The number of anilines is 1. The molecule has 7 nitrogen and oxygen atoms in total. The van der Waals surface area contributed by atoms with Gasteiger partial charge in [0.1, 0.15) is 0 Å². The summed E-state index contributed by atoms with van der Waals surface area (Å²) in [7, 11) is -0.677. The van der Waals surface area contributed by atoms with Crippen LogP contribution in [0.2, 0.25) is 0 Å². The Labute approximate surface area is 165 Å². The predicted octanol–water partition coefficient (Wildman–Crippen LogP) is 2.46. The Hall–Kier alpha value is -2.71. The van der Waals surface area contributed by atoms with E-state index >= 15 is 0 Å². The van der Waals surface area contributed by atoms with Crippen LogP contribution in [0.5, 0.6) is 0 Å². The molecule has 0 atom stereocenters. The summed E-state index contributed by atoms with van der Waals surface area (Å²) in [6, 6.07) is 13.1. The van der Waals surface area contributed by atoms with Crippen LogP contribution < -0.4 is 10.6 Å². The molecular weight excluding hydrogens is 378 g/mol. The van der Waals surface area contributed by atoms with Crippen LogP contribution in [0.25, 0.3) is 0 Å². The fraction of sp³-hybridized carbons (Fsp3) is 0.300. The molecule has 0 fully saturated rings. The molecule has 0 heterocycles. The minimum absolute atomic E-state index is 0.0773. The number of hydrogen-bond donors (Lipinski definition) is 2. The molecule has 0 aliphatic rings. The zero-order chi connectivity index (χ0) is 20.9. The van der Waals surface area contributed by atoms with Crippen molar-refractivity contribution in [2.45, 2.75) is 25.3 Å². The molecule has 0 saturated carbocycles. The van der Waals surface area contributed by atoms with Crippen LogP contribution in [0.3, 0.4) is 0 Å². The van der Waals surface area contributed by atoms with Gasteiger partial charge < -0.3 is 10.6 Å². The Morgan fingerprint density at radius 1 is 1.00 bits per heavy atom. The standard InChI is InChI=1S/C20H25N3O4S/c1-14(2)19(24)22-17-11-9-15(10-12-17)20(25)21-13-16-7-5-6-8-18(16)28(26,27)23(3)4/h5-12,14H,13H2,1-4H3,(H,21,25)(H,22,24). The van der Waals surface area contributed by atoms with Crippen molar-refractivity contribution in [3.8, 4) is 0 Å². The fourth-order valence-corrected chi connectivity index (χ4v) is 3.48. The highest BCUT2D eigenvalue weighted by Crippen LogP contribution is 2.18. The molecule has 2 aromatic carbocycles. The quantitative estimate of drug-likeness (QED) is 0.742. The summed E-state index contributed by atoms with van der Waals surface area (Å²) in [5, 5.41) is 5.49. The number of hydrogen-bond acceptors (Lipinski definition) is 4. The molecule has 28 heavy (non-hydrogen) atoms. The lowest BCUT2D eigenvalue weighted by atomic mass is 10.1. The van der Waals surface area contributed by atoms with E-state index in [2.05, 4.69) is 10.6 Å². The van der Waals surface area contributed by atoms with E-state index in [9.17, 15) is 18.0 Å². The van der Waals surface area contributed by atoms with Crippen LogP contribution in [-0.2, 0) is 21.4 Å². The average Bonchev–Trinajstić information content (AvgIpc) is 2.66. The average molecular weight is 404 g/mol. The van der Waals surface area contributed by atoms with Gasteiger partial charge in [-0.05, 0) is 35.9 Å². The lowest BCUT2D eigenvalue weighted by Gasteiger charge is -2.15. The summed E-state index contributed by atoms with van der Waals surface area (Å²) in [5.41, 5.74) is 1.53. The molecule has 0 aliphatic carbocycles. The number of carbonyl (C=O) groups excluding carboxylic acids is 2. The van der Waals surface area contributed by atoms with Gasteiger partial charge in [-0.2, -0.15) is 0 Å². The first-order valence-electron chi connectivity index (χ1n) is 8.82. The zero-order valence-corrected chi connectivity index (χ0v) is 17.2. The third-order valence-corrected chi connectivity index (χ3v) is 6.03. The van der Waals surface area contributed by atoms with E-state index in [4.69, 9.17) is 0 Å². The van der Waals surface area contributed by atoms with Gasteiger partial charge >= 0.3 is 0 Å². The number of nitrogens with zero attached hydrogens (tertiary/aromatic N) is 1. The molecule has 0 spiro atoms. The molecule has 0 saturated heterocycles.